The van der Waals surface area contributed by atoms with Crippen LogP contribution >= 0.6 is 11.3 Å². The van der Waals surface area contributed by atoms with Crippen molar-refractivity contribution in [2.24, 2.45) is 0 Å². The maximum atomic E-state index is 13.5. The largest absolute Gasteiger partial charge is 0.337 e. The van der Waals surface area contributed by atoms with Gasteiger partial charge in [0.2, 0.25) is 11.8 Å². The molecule has 0 bridgehead atoms. The number of amides is 2. The predicted octanol–water partition coefficient (Wildman–Crippen LogP) is 3.80. The van der Waals surface area contributed by atoms with E-state index in [0.29, 0.717) is 25.5 Å². The first-order valence-electron chi connectivity index (χ1n) is 9.88. The van der Waals surface area contributed by atoms with Gasteiger partial charge in [-0.3, -0.25) is 14.5 Å². The molecule has 0 aliphatic carbocycles. The van der Waals surface area contributed by atoms with Crippen molar-refractivity contribution in [1.29, 1.82) is 0 Å². The number of thiophene rings is 1. The number of hydrogen-bond acceptors (Lipinski definition) is 5. The number of carbonyl (C=O) groups excluding carboxylic acids is 2. The molecule has 1 N–H and O–H groups in total. The zero-order valence-electron chi connectivity index (χ0n) is 17.6. The summed E-state index contributed by atoms with van der Waals surface area (Å²) in [5, 5.41) is 3.69. The fraction of sp³-hybridized carbons (Fsp3) is 0.261. The predicted molar refractivity (Wildman–Crippen MR) is 121 cm³/mol. The molecule has 0 atom stereocenters. The number of aryl methyl sites for hydroxylation is 1. The Bertz CT molecular complexity index is 1200. The van der Waals surface area contributed by atoms with E-state index in [-0.39, 0.29) is 17.6 Å². The molecule has 0 radical (unpaired) electrons. The van der Waals surface area contributed by atoms with Crippen LogP contribution in [0.15, 0.2) is 36.5 Å². The normalized spacial score (nSPS) is 14.5. The monoisotopic (exact) mass is 438 g/mol. The number of rotatable bonds is 4. The molecule has 0 fully saturated rings. The van der Waals surface area contributed by atoms with Crippen LogP contribution in [0.1, 0.15) is 21.6 Å². The van der Waals surface area contributed by atoms with Crippen LogP contribution in [-0.4, -0.2) is 47.2 Å². The molecule has 2 aromatic heterocycles. The quantitative estimate of drug-likeness (QED) is 0.630. The van der Waals surface area contributed by atoms with Crippen LogP contribution in [0.5, 0.6) is 0 Å². The molecule has 0 spiro atoms. The Hall–Kier alpha value is -3.10. The van der Waals surface area contributed by atoms with E-state index in [0.717, 1.165) is 31.7 Å². The highest BCUT2D eigenvalue weighted by molar-refractivity contribution is 7.19. The Balaban J connectivity index is 1.47. The van der Waals surface area contributed by atoms with Gasteiger partial charge in [0.15, 0.2) is 0 Å². The lowest BCUT2D eigenvalue weighted by Crippen LogP contribution is -2.26. The van der Waals surface area contributed by atoms with E-state index in [1.165, 1.54) is 18.2 Å². The van der Waals surface area contributed by atoms with Crippen molar-refractivity contribution in [3.8, 4) is 0 Å². The maximum Gasteiger partial charge on any atom is 0.246 e. The summed E-state index contributed by atoms with van der Waals surface area (Å²) >= 11 is 1.58. The molecular weight excluding hydrogens is 415 g/mol. The van der Waals surface area contributed by atoms with Crippen LogP contribution in [0.2, 0.25) is 0 Å². The van der Waals surface area contributed by atoms with Gasteiger partial charge in [-0.2, -0.15) is 0 Å². The molecule has 0 saturated carbocycles. The first-order valence-corrected chi connectivity index (χ1v) is 10.7. The molecule has 3 heterocycles. The van der Waals surface area contributed by atoms with Crippen molar-refractivity contribution < 1.29 is 14.0 Å². The molecule has 31 heavy (non-hydrogen) atoms. The van der Waals surface area contributed by atoms with Crippen molar-refractivity contribution in [1.82, 2.24) is 14.8 Å². The van der Waals surface area contributed by atoms with E-state index < -0.39 is 0 Å². The first-order chi connectivity index (χ1) is 14.8. The Kier molecular flexibility index (Phi) is 5.84. The topological polar surface area (TPSA) is 65.5 Å². The third-order valence-corrected chi connectivity index (χ3v) is 6.53. The average molecular weight is 439 g/mol. The van der Waals surface area contributed by atoms with E-state index in [1.807, 2.05) is 24.9 Å². The fourth-order valence-electron chi connectivity index (χ4n) is 3.60. The van der Waals surface area contributed by atoms with Crippen molar-refractivity contribution in [3.05, 3.63) is 63.9 Å². The third-order valence-electron chi connectivity index (χ3n) is 5.27. The molecule has 0 saturated heterocycles. The first kappa shape index (κ1) is 21.1. The smallest absolute Gasteiger partial charge is 0.246 e. The van der Waals surface area contributed by atoms with Gasteiger partial charge in [-0.15, -0.1) is 11.3 Å². The Morgan fingerprint density at radius 2 is 2.16 bits per heavy atom. The van der Waals surface area contributed by atoms with Crippen LogP contribution in [0.3, 0.4) is 0 Å². The summed E-state index contributed by atoms with van der Waals surface area (Å²) in [4.78, 5) is 33.4. The molecular formula is C23H23FN4O2S. The lowest BCUT2D eigenvalue weighted by Gasteiger charge is -2.14. The summed E-state index contributed by atoms with van der Waals surface area (Å²) in [6.07, 6.45) is 4.88. The lowest BCUT2D eigenvalue weighted by atomic mass is 10.1. The Labute approximate surface area is 184 Å². The van der Waals surface area contributed by atoms with Gasteiger partial charge < -0.3 is 10.2 Å². The Morgan fingerprint density at radius 1 is 1.35 bits per heavy atom. The highest BCUT2D eigenvalue weighted by Gasteiger charge is 2.18. The van der Waals surface area contributed by atoms with Gasteiger partial charge in [0.25, 0.3) is 0 Å². The number of halogens is 1. The maximum absolute atomic E-state index is 13.5. The molecule has 2 amide bonds. The number of likely N-dealkylation sites (N-methyl/N-ethyl adjacent to an activating group) is 2. The number of carbonyl (C=O) groups is 2. The highest BCUT2D eigenvalue weighted by Crippen LogP contribution is 2.32. The summed E-state index contributed by atoms with van der Waals surface area (Å²) in [6, 6.07) is 6.70. The molecule has 8 heteroatoms. The zero-order chi connectivity index (χ0) is 22.1. The standard InChI is InChI=1S/C23H23FN4O2S/c1-14-18-9-17(24)5-6-19(18)31-20(14)12-28(3)22(30)7-4-15-8-16-11-27(2)13-21(29)26-23(16)25-10-15/h4-10H,11-13H2,1-3H3,(H,25,26,29). The number of nitrogens with zero attached hydrogens (tertiary/aromatic N) is 3. The average Bonchev–Trinajstić information content (AvgIpc) is 2.93. The van der Waals surface area contributed by atoms with Crippen LogP contribution in [0.4, 0.5) is 10.2 Å². The van der Waals surface area contributed by atoms with Crippen molar-refractivity contribution in [2.75, 3.05) is 26.0 Å². The van der Waals surface area contributed by atoms with Gasteiger partial charge >= 0.3 is 0 Å². The molecule has 1 aliphatic rings. The molecule has 1 aliphatic heterocycles. The minimum Gasteiger partial charge on any atom is -0.337 e. The summed E-state index contributed by atoms with van der Waals surface area (Å²) < 4.78 is 14.6. The molecule has 4 rings (SSSR count). The fourth-order valence-corrected chi connectivity index (χ4v) is 4.84. The number of benzene rings is 1. The van der Waals surface area contributed by atoms with Gasteiger partial charge in [0.05, 0.1) is 13.1 Å². The van der Waals surface area contributed by atoms with Gasteiger partial charge in [-0.1, -0.05) is 0 Å². The molecule has 1 aromatic carbocycles. The zero-order valence-corrected chi connectivity index (χ0v) is 18.4. The number of nitrogens with one attached hydrogen (secondary N) is 1. The van der Waals surface area contributed by atoms with Gasteiger partial charge in [-0.25, -0.2) is 9.37 Å². The second-order valence-electron chi connectivity index (χ2n) is 7.82. The van der Waals surface area contributed by atoms with Crippen LogP contribution < -0.4 is 5.32 Å². The van der Waals surface area contributed by atoms with E-state index in [9.17, 15) is 14.0 Å². The lowest BCUT2D eigenvalue weighted by molar-refractivity contribution is -0.125. The molecule has 0 unspecified atom stereocenters. The van der Waals surface area contributed by atoms with Crippen molar-refractivity contribution >= 4 is 45.1 Å². The van der Waals surface area contributed by atoms with Crippen molar-refractivity contribution in [2.45, 2.75) is 20.0 Å². The summed E-state index contributed by atoms with van der Waals surface area (Å²) in [5.41, 5.74) is 2.70. The molecule has 6 nitrogen and oxygen atoms in total. The van der Waals surface area contributed by atoms with Crippen LogP contribution in [0, 0.1) is 12.7 Å². The van der Waals surface area contributed by atoms with E-state index in [2.05, 4.69) is 10.3 Å². The summed E-state index contributed by atoms with van der Waals surface area (Å²) in [5.74, 6) is 0.0792. The van der Waals surface area contributed by atoms with Crippen molar-refractivity contribution in [3.63, 3.8) is 0 Å². The number of fused-ring (bicyclic) bond motifs is 2. The molecule has 3 aromatic rings. The number of hydrogen-bond donors (Lipinski definition) is 1. The van der Waals surface area contributed by atoms with Gasteiger partial charge in [0.1, 0.15) is 11.6 Å². The second kappa shape index (κ2) is 8.56. The minimum absolute atomic E-state index is 0.0897. The van der Waals surface area contributed by atoms with Crippen LogP contribution in [0.25, 0.3) is 16.2 Å². The summed E-state index contributed by atoms with van der Waals surface area (Å²) in [7, 11) is 3.62. The number of aromatic nitrogens is 1. The second-order valence-corrected chi connectivity index (χ2v) is 8.95. The Morgan fingerprint density at radius 3 is 2.97 bits per heavy atom. The number of pyridine rings is 1. The van der Waals surface area contributed by atoms with Gasteiger partial charge in [-0.05, 0) is 60.8 Å². The third kappa shape index (κ3) is 4.65. The van der Waals surface area contributed by atoms with E-state index >= 15 is 0 Å². The number of anilines is 1. The SMILES string of the molecule is Cc1c(CN(C)C(=O)C=Cc2cnc3c(c2)CN(C)CC(=O)N3)sc2ccc(F)cc12. The van der Waals surface area contributed by atoms with Gasteiger partial charge in [0, 0.05) is 41.0 Å². The minimum atomic E-state index is -0.257. The van der Waals surface area contributed by atoms with E-state index in [4.69, 9.17) is 0 Å². The summed E-state index contributed by atoms with van der Waals surface area (Å²) in [6.45, 7) is 3.32. The van der Waals surface area contributed by atoms with Crippen LogP contribution in [-0.2, 0) is 22.7 Å². The van der Waals surface area contributed by atoms with E-state index in [1.54, 1.807) is 41.6 Å². The highest BCUT2D eigenvalue weighted by atomic mass is 32.1. The molecule has 160 valence electrons.